The quantitative estimate of drug-likeness (QED) is 0.667. The minimum absolute atomic E-state index is 0.208. The van der Waals surface area contributed by atoms with Crippen molar-refractivity contribution in [2.24, 2.45) is 0 Å². The third kappa shape index (κ3) is 2.36. The van der Waals surface area contributed by atoms with Crippen LogP contribution in [-0.4, -0.2) is 21.0 Å². The lowest BCUT2D eigenvalue weighted by atomic mass is 10.1. The first-order chi connectivity index (χ1) is 9.56. The number of aromatic carboxylic acids is 1. The maximum Gasteiger partial charge on any atom is 0.336 e. The zero-order valence-electron chi connectivity index (χ0n) is 9.80. The fourth-order valence-corrected chi connectivity index (χ4v) is 3.76. The molecule has 0 spiro atoms. The van der Waals surface area contributed by atoms with Crippen LogP contribution in [0.4, 0.5) is 0 Å². The van der Waals surface area contributed by atoms with Gasteiger partial charge in [0.15, 0.2) is 0 Å². The Morgan fingerprint density at radius 3 is 2.65 bits per heavy atom. The molecular formula is C13H6Br2N2O2S. The van der Waals surface area contributed by atoms with Crippen molar-refractivity contribution in [3.8, 4) is 11.4 Å². The van der Waals surface area contributed by atoms with Crippen molar-refractivity contribution in [2.75, 3.05) is 0 Å². The Labute approximate surface area is 134 Å². The molecule has 2 heterocycles. The van der Waals surface area contributed by atoms with Gasteiger partial charge in [-0.3, -0.25) is 0 Å². The van der Waals surface area contributed by atoms with Gasteiger partial charge in [-0.15, -0.1) is 11.3 Å². The van der Waals surface area contributed by atoms with Crippen LogP contribution in [0.15, 0.2) is 38.0 Å². The Morgan fingerprint density at radius 2 is 2.00 bits per heavy atom. The SMILES string of the molecule is O=C(O)c1cc(-c2cscn2)nc2c(Br)cc(Br)cc12. The van der Waals surface area contributed by atoms with Crippen LogP contribution in [-0.2, 0) is 0 Å². The first-order valence-electron chi connectivity index (χ1n) is 5.48. The van der Waals surface area contributed by atoms with Crippen LogP contribution in [0, 0.1) is 0 Å². The van der Waals surface area contributed by atoms with Gasteiger partial charge >= 0.3 is 5.97 Å². The molecule has 100 valence electrons. The fraction of sp³-hybridized carbons (Fsp3) is 0. The predicted molar refractivity (Wildman–Crippen MR) is 85.2 cm³/mol. The van der Waals surface area contributed by atoms with Crippen molar-refractivity contribution in [3.05, 3.63) is 43.6 Å². The normalized spacial score (nSPS) is 10.9. The number of fused-ring (bicyclic) bond motifs is 1. The summed E-state index contributed by atoms with van der Waals surface area (Å²) in [6, 6.07) is 5.14. The van der Waals surface area contributed by atoms with Crippen molar-refractivity contribution < 1.29 is 9.90 Å². The second kappa shape index (κ2) is 5.23. The van der Waals surface area contributed by atoms with Crippen LogP contribution in [0.25, 0.3) is 22.3 Å². The number of nitrogens with zero attached hydrogens (tertiary/aromatic N) is 2. The zero-order valence-corrected chi connectivity index (χ0v) is 13.8. The molecule has 0 bridgehead atoms. The molecule has 20 heavy (non-hydrogen) atoms. The average Bonchev–Trinajstić information content (AvgIpc) is 2.91. The van der Waals surface area contributed by atoms with Gasteiger partial charge < -0.3 is 5.11 Å². The third-order valence-corrected chi connectivity index (χ3v) is 4.41. The Hall–Kier alpha value is -1.31. The van der Waals surface area contributed by atoms with Crippen molar-refractivity contribution in [1.29, 1.82) is 0 Å². The van der Waals surface area contributed by atoms with Crippen LogP contribution < -0.4 is 0 Å². The molecule has 0 atom stereocenters. The number of aromatic nitrogens is 2. The third-order valence-electron chi connectivity index (χ3n) is 2.76. The molecule has 3 aromatic rings. The topological polar surface area (TPSA) is 63.1 Å². The van der Waals surface area contributed by atoms with E-state index in [1.807, 2.05) is 11.4 Å². The molecule has 0 saturated carbocycles. The predicted octanol–water partition coefficient (Wildman–Crippen LogP) is 4.58. The first kappa shape index (κ1) is 13.7. The van der Waals surface area contributed by atoms with Gasteiger partial charge in [-0.1, -0.05) is 15.9 Å². The van der Waals surface area contributed by atoms with E-state index in [4.69, 9.17) is 0 Å². The Balaban J connectivity index is 2.40. The lowest BCUT2D eigenvalue weighted by molar-refractivity contribution is 0.0699. The molecule has 0 aliphatic carbocycles. The van der Waals surface area contributed by atoms with E-state index in [1.54, 1.807) is 17.6 Å². The number of benzene rings is 1. The number of carboxylic acids is 1. The number of carbonyl (C=O) groups is 1. The van der Waals surface area contributed by atoms with Gasteiger partial charge in [0.2, 0.25) is 0 Å². The summed E-state index contributed by atoms with van der Waals surface area (Å²) in [5.74, 6) is -0.987. The minimum atomic E-state index is -0.987. The number of rotatable bonds is 2. The summed E-state index contributed by atoms with van der Waals surface area (Å²) >= 11 is 8.23. The smallest absolute Gasteiger partial charge is 0.336 e. The number of hydrogen-bond donors (Lipinski definition) is 1. The number of hydrogen-bond acceptors (Lipinski definition) is 4. The second-order valence-electron chi connectivity index (χ2n) is 4.02. The highest BCUT2D eigenvalue weighted by molar-refractivity contribution is 9.11. The fourth-order valence-electron chi connectivity index (χ4n) is 1.90. The van der Waals surface area contributed by atoms with E-state index in [1.165, 1.54) is 11.3 Å². The number of carboxylic acid groups (broad SMARTS) is 1. The number of halogens is 2. The zero-order chi connectivity index (χ0) is 14.3. The van der Waals surface area contributed by atoms with Gasteiger partial charge in [-0.2, -0.15) is 0 Å². The summed E-state index contributed by atoms with van der Waals surface area (Å²) in [4.78, 5) is 20.2. The molecule has 0 fully saturated rings. The van der Waals surface area contributed by atoms with Crippen LogP contribution in [0.3, 0.4) is 0 Å². The number of pyridine rings is 1. The van der Waals surface area contributed by atoms with E-state index < -0.39 is 5.97 Å². The highest BCUT2D eigenvalue weighted by atomic mass is 79.9. The Bertz CT molecular complexity index is 819. The molecule has 7 heteroatoms. The molecule has 4 nitrogen and oxygen atoms in total. The van der Waals surface area contributed by atoms with Gasteiger partial charge in [-0.25, -0.2) is 14.8 Å². The van der Waals surface area contributed by atoms with Crippen LogP contribution in [0.2, 0.25) is 0 Å². The molecule has 0 amide bonds. The van der Waals surface area contributed by atoms with Crippen molar-refractivity contribution in [1.82, 2.24) is 9.97 Å². The van der Waals surface area contributed by atoms with E-state index >= 15 is 0 Å². The van der Waals surface area contributed by atoms with Crippen LogP contribution in [0.5, 0.6) is 0 Å². The molecule has 3 rings (SSSR count). The summed E-state index contributed by atoms with van der Waals surface area (Å²) in [5, 5.41) is 11.8. The van der Waals surface area contributed by atoms with Gasteiger partial charge in [0.1, 0.15) is 0 Å². The summed E-state index contributed by atoms with van der Waals surface area (Å²) < 4.78 is 1.53. The molecule has 1 aromatic carbocycles. The van der Waals surface area contributed by atoms with E-state index in [0.29, 0.717) is 22.3 Å². The highest BCUT2D eigenvalue weighted by Crippen LogP contribution is 2.32. The Morgan fingerprint density at radius 1 is 1.20 bits per heavy atom. The van der Waals surface area contributed by atoms with Crippen molar-refractivity contribution in [3.63, 3.8) is 0 Å². The Kier molecular flexibility index (Phi) is 3.57. The molecule has 0 saturated heterocycles. The minimum Gasteiger partial charge on any atom is -0.478 e. The summed E-state index contributed by atoms with van der Waals surface area (Å²) in [7, 11) is 0. The van der Waals surface area contributed by atoms with E-state index in [-0.39, 0.29) is 5.56 Å². The molecule has 0 aliphatic heterocycles. The standard InChI is InChI=1S/C13H6Br2N2O2S/c14-6-1-7-8(13(18)19)3-10(11-4-20-5-16-11)17-12(7)9(15)2-6/h1-5H,(H,18,19). The first-order valence-corrected chi connectivity index (χ1v) is 8.01. The van der Waals surface area contributed by atoms with E-state index in [2.05, 4.69) is 41.8 Å². The molecule has 0 unspecified atom stereocenters. The van der Waals surface area contributed by atoms with Gasteiger partial charge in [0.25, 0.3) is 0 Å². The summed E-state index contributed by atoms with van der Waals surface area (Å²) in [5.41, 5.74) is 3.74. The van der Waals surface area contributed by atoms with Gasteiger partial charge in [-0.05, 0) is 34.1 Å². The summed E-state index contributed by atoms with van der Waals surface area (Å²) in [6.45, 7) is 0. The number of thiazole rings is 1. The lowest BCUT2D eigenvalue weighted by Crippen LogP contribution is -2.01. The van der Waals surface area contributed by atoms with Gasteiger partial charge in [0.05, 0.1) is 28.0 Å². The summed E-state index contributed by atoms with van der Waals surface area (Å²) in [6.07, 6.45) is 0. The molecule has 1 N–H and O–H groups in total. The van der Waals surface area contributed by atoms with Crippen LogP contribution >= 0.6 is 43.2 Å². The van der Waals surface area contributed by atoms with E-state index in [9.17, 15) is 9.90 Å². The van der Waals surface area contributed by atoms with E-state index in [0.717, 1.165) is 8.95 Å². The highest BCUT2D eigenvalue weighted by Gasteiger charge is 2.16. The average molecular weight is 414 g/mol. The van der Waals surface area contributed by atoms with Crippen molar-refractivity contribution in [2.45, 2.75) is 0 Å². The molecular weight excluding hydrogens is 408 g/mol. The van der Waals surface area contributed by atoms with Gasteiger partial charge in [0, 0.05) is 19.7 Å². The monoisotopic (exact) mass is 412 g/mol. The molecule has 2 aromatic heterocycles. The maximum atomic E-state index is 11.5. The largest absolute Gasteiger partial charge is 0.478 e. The maximum absolute atomic E-state index is 11.5. The van der Waals surface area contributed by atoms with Crippen molar-refractivity contribution >= 4 is 60.1 Å². The van der Waals surface area contributed by atoms with Crippen LogP contribution in [0.1, 0.15) is 10.4 Å². The lowest BCUT2D eigenvalue weighted by Gasteiger charge is -2.07. The molecule has 0 aliphatic rings. The second-order valence-corrected chi connectivity index (χ2v) is 6.51. The molecule has 0 radical (unpaired) electrons.